The molecule has 3 heterocycles. The first kappa shape index (κ1) is 24.7. The number of nitrogens with two attached hydrogens (primary N) is 2. The van der Waals surface area contributed by atoms with Crippen molar-refractivity contribution in [2.45, 2.75) is 26.2 Å². The van der Waals surface area contributed by atoms with Crippen LogP contribution in [0, 0.1) is 11.2 Å². The zero-order chi connectivity index (χ0) is 25.3. The lowest BCUT2D eigenvalue weighted by Crippen LogP contribution is -2.49. The van der Waals surface area contributed by atoms with Crippen LogP contribution in [0.2, 0.25) is 0 Å². The number of hydrogen-bond donors (Lipinski definition) is 2. The van der Waals surface area contributed by atoms with Crippen molar-refractivity contribution in [1.29, 1.82) is 0 Å². The molecule has 0 bridgehead atoms. The molecule has 188 valence electrons. The van der Waals surface area contributed by atoms with Gasteiger partial charge in [0.05, 0.1) is 28.0 Å². The van der Waals surface area contributed by atoms with Gasteiger partial charge in [0.15, 0.2) is 5.01 Å². The summed E-state index contributed by atoms with van der Waals surface area (Å²) in [7, 11) is 0. The third kappa shape index (κ3) is 4.71. The zero-order valence-corrected chi connectivity index (χ0v) is 21.6. The Labute approximate surface area is 217 Å². The molecule has 4 N–H and O–H groups in total. The Morgan fingerprint density at radius 2 is 2.17 bits per heavy atom. The SMILES string of the molecule is CCCN(N)/C=C(\N)SN1CCC2=Cc3c(cnn3-c3ccc(F)cc3)CC2(C(=O)c2nccs2)C1. The van der Waals surface area contributed by atoms with Gasteiger partial charge < -0.3 is 10.7 Å². The van der Waals surface area contributed by atoms with E-state index in [9.17, 15) is 9.18 Å². The topological polar surface area (TPSA) is 106 Å². The predicted octanol–water partition coefficient (Wildman–Crippen LogP) is 3.97. The lowest BCUT2D eigenvalue weighted by molar-refractivity contribution is 0.0781. The maximum atomic E-state index is 14.0. The van der Waals surface area contributed by atoms with Gasteiger partial charge in [0.2, 0.25) is 5.78 Å². The Hall–Kier alpha value is -2.99. The Balaban J connectivity index is 1.49. The summed E-state index contributed by atoms with van der Waals surface area (Å²) in [4.78, 5) is 18.3. The van der Waals surface area contributed by atoms with Crippen LogP contribution >= 0.6 is 23.3 Å². The molecule has 1 aromatic carbocycles. The van der Waals surface area contributed by atoms with Gasteiger partial charge in [-0.2, -0.15) is 5.10 Å². The van der Waals surface area contributed by atoms with E-state index in [0.29, 0.717) is 36.0 Å². The number of aromatic nitrogens is 3. The lowest BCUT2D eigenvalue weighted by atomic mass is 9.66. The number of carbonyl (C=O) groups is 1. The van der Waals surface area contributed by atoms with Crippen LogP contribution in [0.25, 0.3) is 11.8 Å². The molecule has 1 unspecified atom stereocenters. The summed E-state index contributed by atoms with van der Waals surface area (Å²) in [6.07, 6.45) is 9.42. The molecule has 1 saturated heterocycles. The number of benzene rings is 1. The van der Waals surface area contributed by atoms with Gasteiger partial charge in [-0.1, -0.05) is 12.5 Å². The molecule has 11 heteroatoms. The fraction of sp³-hybridized carbons (Fsp3) is 0.320. The number of hydrazine groups is 1. The molecule has 1 aliphatic heterocycles. The van der Waals surface area contributed by atoms with Crippen molar-refractivity contribution in [3.63, 3.8) is 0 Å². The Morgan fingerprint density at radius 1 is 1.36 bits per heavy atom. The van der Waals surface area contributed by atoms with E-state index in [4.69, 9.17) is 11.6 Å². The largest absolute Gasteiger partial charge is 0.391 e. The number of ketones is 1. The van der Waals surface area contributed by atoms with Crippen LogP contribution < -0.4 is 11.6 Å². The first-order chi connectivity index (χ1) is 17.4. The molecule has 1 atom stereocenters. The number of fused-ring (bicyclic) bond motifs is 2. The van der Waals surface area contributed by atoms with E-state index >= 15 is 0 Å². The molecular formula is C25H28FN7OS2. The van der Waals surface area contributed by atoms with Crippen molar-refractivity contribution in [3.05, 3.63) is 80.9 Å². The second-order valence-corrected chi connectivity index (χ2v) is 11.1. The van der Waals surface area contributed by atoms with Gasteiger partial charge in [0, 0.05) is 37.4 Å². The van der Waals surface area contributed by atoms with E-state index in [1.54, 1.807) is 35.7 Å². The van der Waals surface area contributed by atoms with Crippen LogP contribution in [0.1, 0.15) is 40.8 Å². The fourth-order valence-electron chi connectivity index (χ4n) is 4.88. The maximum absolute atomic E-state index is 14.0. The monoisotopic (exact) mass is 525 g/mol. The van der Waals surface area contributed by atoms with Crippen molar-refractivity contribution in [2.75, 3.05) is 19.6 Å². The predicted molar refractivity (Wildman–Crippen MR) is 141 cm³/mol. The maximum Gasteiger partial charge on any atom is 0.203 e. The van der Waals surface area contributed by atoms with Crippen LogP contribution in [0.3, 0.4) is 0 Å². The van der Waals surface area contributed by atoms with Crippen molar-refractivity contribution < 1.29 is 9.18 Å². The molecule has 2 aromatic heterocycles. The van der Waals surface area contributed by atoms with Gasteiger partial charge in [-0.15, -0.1) is 11.3 Å². The molecule has 3 aromatic rings. The molecule has 0 spiro atoms. The van der Waals surface area contributed by atoms with Gasteiger partial charge in [-0.05, 0) is 67.1 Å². The average molecular weight is 526 g/mol. The molecule has 0 radical (unpaired) electrons. The first-order valence-corrected chi connectivity index (χ1v) is 13.4. The highest BCUT2D eigenvalue weighted by Crippen LogP contribution is 2.48. The summed E-state index contributed by atoms with van der Waals surface area (Å²) in [5.74, 6) is 5.71. The van der Waals surface area contributed by atoms with Gasteiger partial charge in [-0.25, -0.2) is 24.2 Å². The molecule has 8 nitrogen and oxygen atoms in total. The Kier molecular flexibility index (Phi) is 6.98. The molecular weight excluding hydrogens is 497 g/mol. The molecule has 0 saturated carbocycles. The number of carbonyl (C=O) groups excluding carboxylic acids is 1. The van der Waals surface area contributed by atoms with E-state index < -0.39 is 5.41 Å². The Bertz CT molecular complexity index is 1300. The zero-order valence-electron chi connectivity index (χ0n) is 19.9. The van der Waals surface area contributed by atoms with Gasteiger partial charge >= 0.3 is 0 Å². The third-order valence-electron chi connectivity index (χ3n) is 6.52. The quantitative estimate of drug-likeness (QED) is 0.197. The van der Waals surface area contributed by atoms with E-state index in [0.717, 1.165) is 35.5 Å². The highest BCUT2D eigenvalue weighted by molar-refractivity contribution is 8.00. The highest BCUT2D eigenvalue weighted by atomic mass is 32.2. The number of thiazole rings is 1. The summed E-state index contributed by atoms with van der Waals surface area (Å²) in [5, 5.41) is 9.08. The van der Waals surface area contributed by atoms with Crippen LogP contribution in [0.5, 0.6) is 0 Å². The molecule has 0 amide bonds. The second kappa shape index (κ2) is 10.2. The van der Waals surface area contributed by atoms with Crippen LogP contribution in [0.15, 0.2) is 58.8 Å². The standard InChI is InChI=1S/C25H28FN7OS2/c1-2-9-31(28)15-22(27)36-32-10-7-18-12-21-17(14-30-33(21)20-5-3-19(26)4-6-20)13-25(18,16-32)23(34)24-29-8-11-35-24/h3-6,8,11-12,14-15H,2,7,9-10,13,16,27-28H2,1H3/b22-15+. The molecule has 1 fully saturated rings. The molecule has 1 aliphatic carbocycles. The van der Waals surface area contributed by atoms with Gasteiger partial charge in [0.1, 0.15) is 5.82 Å². The Morgan fingerprint density at radius 3 is 2.89 bits per heavy atom. The number of rotatable bonds is 8. The number of Topliss-reactive ketones (excluding diaryl/α,β-unsaturated/α-hetero) is 1. The molecule has 2 aliphatic rings. The normalized spacial score (nSPS) is 20.0. The van der Waals surface area contributed by atoms with E-state index in [1.807, 2.05) is 10.1 Å². The van der Waals surface area contributed by atoms with Gasteiger partial charge in [-0.3, -0.25) is 4.79 Å². The number of piperidine rings is 1. The summed E-state index contributed by atoms with van der Waals surface area (Å²) >= 11 is 2.79. The second-order valence-electron chi connectivity index (χ2n) is 9.01. The molecule has 5 rings (SSSR count). The van der Waals surface area contributed by atoms with Crippen molar-refractivity contribution in [1.82, 2.24) is 24.1 Å². The highest BCUT2D eigenvalue weighted by Gasteiger charge is 2.49. The van der Waals surface area contributed by atoms with Gasteiger partial charge in [0.25, 0.3) is 0 Å². The minimum absolute atomic E-state index is 0.0169. The first-order valence-electron chi connectivity index (χ1n) is 11.8. The number of hydrogen-bond acceptors (Lipinski definition) is 9. The minimum atomic E-state index is -0.765. The van der Waals surface area contributed by atoms with Crippen molar-refractivity contribution >= 4 is 35.1 Å². The summed E-state index contributed by atoms with van der Waals surface area (Å²) in [6, 6.07) is 6.26. The molecule has 36 heavy (non-hydrogen) atoms. The van der Waals surface area contributed by atoms with Crippen LogP contribution in [-0.4, -0.2) is 49.5 Å². The lowest BCUT2D eigenvalue weighted by Gasteiger charge is -2.44. The smallest absolute Gasteiger partial charge is 0.203 e. The third-order valence-corrected chi connectivity index (χ3v) is 8.18. The fourth-order valence-corrected chi connectivity index (χ4v) is 6.50. The summed E-state index contributed by atoms with van der Waals surface area (Å²) in [5.41, 5.74) is 9.25. The van der Waals surface area contributed by atoms with Crippen LogP contribution in [0.4, 0.5) is 4.39 Å². The van der Waals surface area contributed by atoms with E-state index in [-0.39, 0.29) is 11.6 Å². The van der Waals surface area contributed by atoms with Crippen molar-refractivity contribution in [3.8, 4) is 5.69 Å². The average Bonchev–Trinajstić information content (AvgIpc) is 3.53. The van der Waals surface area contributed by atoms with Crippen molar-refractivity contribution in [2.24, 2.45) is 17.0 Å². The van der Waals surface area contributed by atoms with Crippen LogP contribution in [-0.2, 0) is 6.42 Å². The number of halogens is 1. The summed E-state index contributed by atoms with van der Waals surface area (Å²) in [6.45, 7) is 3.99. The summed E-state index contributed by atoms with van der Waals surface area (Å²) < 4.78 is 17.4. The minimum Gasteiger partial charge on any atom is -0.391 e. The number of nitrogens with zero attached hydrogens (tertiary/aromatic N) is 5. The van der Waals surface area contributed by atoms with E-state index in [2.05, 4.69) is 27.4 Å². The van der Waals surface area contributed by atoms with E-state index in [1.165, 1.54) is 35.4 Å².